The number of hydrogen-bond acceptors (Lipinski definition) is 10. The Balaban J connectivity index is -0.000000150. The zero-order valence-electron chi connectivity index (χ0n) is 23.1. The molecule has 0 aliphatic rings. The minimum absolute atomic E-state index is 0.116. The molecule has 0 aromatic carbocycles. The Morgan fingerprint density at radius 3 is 0.422 bits per heavy atom. The summed E-state index contributed by atoms with van der Waals surface area (Å²) in [6.45, 7) is 1.95. The second kappa shape index (κ2) is 23.5. The van der Waals surface area contributed by atoms with Gasteiger partial charge in [-0.3, -0.25) is 36.5 Å². The van der Waals surface area contributed by atoms with Gasteiger partial charge in [-0.05, 0) is 6.42 Å². The molecule has 0 bridgehead atoms. The molecule has 0 heterocycles. The number of hydrogen-bond donors (Lipinski definition) is 18. The largest absolute Gasteiger partial charge is 0.326 e. The predicted octanol–water partition coefficient (Wildman–Crippen LogP) is -2.99. The van der Waals surface area contributed by atoms with Crippen LogP contribution in [-0.4, -0.2) is 134 Å². The molecule has 20 N–H and O–H groups in total. The quantitative estimate of drug-likeness (QED) is 0.0649. The summed E-state index contributed by atoms with van der Waals surface area (Å²) in [6, 6.07) is 0. The molecular weight excluding hydrogens is 792 g/mol. The molecule has 0 aromatic heterocycles. The zero-order chi connectivity index (χ0) is 37.9. The van der Waals surface area contributed by atoms with Crippen molar-refractivity contribution in [1.29, 1.82) is 0 Å². The maximum absolute atomic E-state index is 10.0. The summed E-state index contributed by atoms with van der Waals surface area (Å²) in [5.41, 5.74) is 10.1. The van der Waals surface area contributed by atoms with Crippen LogP contribution >= 0.6 is 60.8 Å². The van der Waals surface area contributed by atoms with Crippen molar-refractivity contribution in [2.24, 2.45) is 11.5 Å². The third-order valence-electron chi connectivity index (χ3n) is 3.20. The van der Waals surface area contributed by atoms with Crippen molar-refractivity contribution in [2.45, 2.75) is 19.5 Å². The first-order chi connectivity index (χ1) is 19.1. The molecule has 0 fully saturated rings. The molecule has 0 rings (SSSR count). The van der Waals surface area contributed by atoms with E-state index in [1.807, 2.05) is 6.92 Å². The van der Waals surface area contributed by atoms with E-state index in [2.05, 4.69) is 0 Å². The van der Waals surface area contributed by atoms with Gasteiger partial charge in [0.05, 0.1) is 55.5 Å². The van der Waals surface area contributed by atoms with Crippen molar-refractivity contribution >= 4 is 60.8 Å². The van der Waals surface area contributed by atoms with E-state index in [4.69, 9.17) is 89.8 Å². The van der Waals surface area contributed by atoms with Crippen molar-refractivity contribution in [3.05, 3.63) is 0 Å². The van der Waals surface area contributed by atoms with E-state index in [0.717, 1.165) is 6.42 Å². The first-order valence-corrected chi connectivity index (χ1v) is 25.4. The average Bonchev–Trinajstić information content (AvgIpc) is 2.72. The summed E-state index contributed by atoms with van der Waals surface area (Å²) in [5.74, 6) is 0. The summed E-state index contributed by atoms with van der Waals surface area (Å²) >= 11 is 0. The van der Waals surface area contributed by atoms with Crippen LogP contribution in [0.4, 0.5) is 0 Å². The fraction of sp³-hybridized carbons (Fsp3) is 1.00. The summed E-state index contributed by atoms with van der Waals surface area (Å²) < 4.78 is 80.2. The third kappa shape index (κ3) is 86.6. The summed E-state index contributed by atoms with van der Waals surface area (Å²) in [4.78, 5) is 130. The van der Waals surface area contributed by atoms with Gasteiger partial charge in [0.1, 0.15) is 0 Å². The molecule has 0 radical (unpaired) electrons. The van der Waals surface area contributed by atoms with Crippen LogP contribution in [0.5, 0.6) is 0 Å². The number of nitrogens with two attached hydrogens (primary N) is 2. The molecule has 0 aliphatic carbocycles. The molecule has 34 heteroatoms. The Morgan fingerprint density at radius 2 is 0.400 bits per heavy atom. The molecule has 0 saturated carbocycles. The average molecular weight is 834 g/mol. The van der Waals surface area contributed by atoms with Crippen LogP contribution < -0.4 is 11.5 Å². The predicted molar refractivity (Wildman–Crippen MR) is 158 cm³/mol. The van der Waals surface area contributed by atoms with E-state index in [9.17, 15) is 36.5 Å². The zero-order valence-corrected chi connectivity index (χ0v) is 30.3. The SMILES string of the molecule is CCC(N)N.O=P(O)(O)CCP(=O)(O)O.O=P(O)(O)CCP(=O)(O)O.O=P(O)(O)CCP(=O)(O)O.O=P(O)(O)CCP(=O)(O)O. The van der Waals surface area contributed by atoms with Crippen LogP contribution in [-0.2, 0) is 36.5 Å². The smallest absolute Gasteiger partial charge is 0.324 e. The van der Waals surface area contributed by atoms with Crippen LogP contribution in [0.2, 0.25) is 0 Å². The van der Waals surface area contributed by atoms with Gasteiger partial charge in [-0.15, -0.1) is 0 Å². The maximum atomic E-state index is 10.0. The van der Waals surface area contributed by atoms with Crippen LogP contribution in [0.3, 0.4) is 0 Å². The van der Waals surface area contributed by atoms with Gasteiger partial charge in [-0.1, -0.05) is 6.92 Å². The highest BCUT2D eigenvalue weighted by atomic mass is 31.2. The first-order valence-electron chi connectivity index (χ1n) is 11.0. The van der Waals surface area contributed by atoms with E-state index >= 15 is 0 Å². The van der Waals surface area contributed by atoms with E-state index in [-0.39, 0.29) is 6.17 Å². The second-order valence-electron chi connectivity index (χ2n) is 8.18. The van der Waals surface area contributed by atoms with Crippen molar-refractivity contribution < 1.29 is 115 Å². The van der Waals surface area contributed by atoms with Gasteiger partial charge in [-0.25, -0.2) is 0 Å². The monoisotopic (exact) mass is 834 g/mol. The molecule has 0 saturated heterocycles. The van der Waals surface area contributed by atoms with Gasteiger partial charge in [0.25, 0.3) is 0 Å². The van der Waals surface area contributed by atoms with Crippen LogP contribution in [0.1, 0.15) is 13.3 Å². The van der Waals surface area contributed by atoms with Crippen molar-refractivity contribution in [1.82, 2.24) is 0 Å². The van der Waals surface area contributed by atoms with Crippen molar-refractivity contribution in [3.8, 4) is 0 Å². The minimum Gasteiger partial charge on any atom is -0.324 e. The van der Waals surface area contributed by atoms with E-state index in [1.54, 1.807) is 0 Å². The Hall–Kier alpha value is 1.12. The molecule has 0 unspecified atom stereocenters. The molecule has 0 atom stereocenters. The lowest BCUT2D eigenvalue weighted by Gasteiger charge is -2.03. The van der Waals surface area contributed by atoms with Crippen LogP contribution in [0.25, 0.3) is 0 Å². The lowest BCUT2D eigenvalue weighted by Crippen LogP contribution is -2.28. The molecule has 26 nitrogen and oxygen atoms in total. The highest BCUT2D eigenvalue weighted by molar-refractivity contribution is 7.57. The molecule has 45 heavy (non-hydrogen) atoms. The van der Waals surface area contributed by atoms with Gasteiger partial charge in [0.2, 0.25) is 0 Å². The van der Waals surface area contributed by atoms with Gasteiger partial charge in [0, 0.05) is 0 Å². The van der Waals surface area contributed by atoms with Crippen molar-refractivity contribution in [3.63, 3.8) is 0 Å². The lowest BCUT2D eigenvalue weighted by atomic mass is 10.4. The minimum atomic E-state index is -4.25. The second-order valence-corrected chi connectivity index (χ2v) is 22.4. The van der Waals surface area contributed by atoms with Gasteiger partial charge in [-0.2, -0.15) is 0 Å². The lowest BCUT2D eigenvalue weighted by molar-refractivity contribution is 0.360. The normalized spacial score (nSPS) is 13.2. The maximum Gasteiger partial charge on any atom is 0.326 e. The van der Waals surface area contributed by atoms with Crippen molar-refractivity contribution in [2.75, 3.05) is 49.3 Å². The highest BCUT2D eigenvalue weighted by Crippen LogP contribution is 2.44. The first kappa shape index (κ1) is 55.5. The third-order valence-corrected chi connectivity index (χ3v) is 11.1. The highest BCUT2D eigenvalue weighted by Gasteiger charge is 2.23. The Labute approximate surface area is 256 Å². The summed E-state index contributed by atoms with van der Waals surface area (Å²) in [6.07, 6.45) is -5.39. The Morgan fingerprint density at radius 1 is 0.333 bits per heavy atom. The van der Waals surface area contributed by atoms with E-state index in [0.29, 0.717) is 0 Å². The molecule has 0 aromatic rings. The topological polar surface area (TPSA) is 512 Å². The molecule has 0 aliphatic heterocycles. The molecule has 0 amide bonds. The number of rotatable bonds is 13. The Bertz CT molecular complexity index is 911. The molecule has 280 valence electrons. The van der Waals surface area contributed by atoms with Gasteiger partial charge in [0.15, 0.2) is 0 Å². The van der Waals surface area contributed by atoms with E-state index < -0.39 is 110 Å². The Kier molecular flexibility index (Phi) is 29.0. The van der Waals surface area contributed by atoms with E-state index in [1.165, 1.54) is 0 Å². The van der Waals surface area contributed by atoms with Crippen LogP contribution in [0.15, 0.2) is 0 Å². The molecular formula is C11H42N2O24P8. The summed E-state index contributed by atoms with van der Waals surface area (Å²) in [7, 11) is -34.0. The molecule has 0 spiro atoms. The fourth-order valence-electron chi connectivity index (χ4n) is 1.04. The van der Waals surface area contributed by atoms with Crippen LogP contribution in [0, 0.1) is 0 Å². The van der Waals surface area contributed by atoms with Gasteiger partial charge < -0.3 is 89.8 Å². The summed E-state index contributed by atoms with van der Waals surface area (Å²) in [5, 5.41) is 0. The standard InChI is InChI=1S/C3H10N2.4C2H8O6P2/c1-2-3(4)5;4*3-9(4,5)1-2-10(6,7)8/h3H,2,4-5H2,1H3;4*1-2H2,(H2,3,4,5)(H2,6,7,8). The van der Waals surface area contributed by atoms with Gasteiger partial charge >= 0.3 is 60.8 Å². The fourth-order valence-corrected chi connectivity index (χ4v) is 9.38.